The van der Waals surface area contributed by atoms with Crippen molar-refractivity contribution in [3.05, 3.63) is 60.4 Å². The van der Waals surface area contributed by atoms with Crippen LogP contribution in [-0.4, -0.2) is 43.2 Å². The Hall–Kier alpha value is -3.01. The summed E-state index contributed by atoms with van der Waals surface area (Å²) in [6, 6.07) is 16.2. The number of methoxy groups -OCH3 is 1. The number of imidazole rings is 1. The molecule has 0 radical (unpaired) electrons. The highest BCUT2D eigenvalue weighted by molar-refractivity contribution is 7.89. The van der Waals surface area contributed by atoms with Gasteiger partial charge in [0.1, 0.15) is 11.3 Å². The number of sulfonamides is 1. The number of nitrogen functional groups attached to an aromatic ring is 1. The first-order chi connectivity index (χ1) is 15.0. The molecule has 0 saturated heterocycles. The maximum atomic E-state index is 12.5. The van der Waals surface area contributed by atoms with Gasteiger partial charge in [0.2, 0.25) is 10.0 Å². The van der Waals surface area contributed by atoms with Crippen LogP contribution in [0.25, 0.3) is 21.9 Å². The maximum absolute atomic E-state index is 12.5. The summed E-state index contributed by atoms with van der Waals surface area (Å²) >= 11 is 0. The van der Waals surface area contributed by atoms with Crippen molar-refractivity contribution in [2.45, 2.75) is 24.3 Å². The molecule has 0 fully saturated rings. The number of nitrogens with zero attached hydrogens (tertiary/aromatic N) is 3. The lowest BCUT2D eigenvalue weighted by Gasteiger charge is -2.12. The van der Waals surface area contributed by atoms with E-state index in [1.54, 1.807) is 37.4 Å². The third-order valence-corrected chi connectivity index (χ3v) is 6.60. The predicted molar refractivity (Wildman–Crippen MR) is 121 cm³/mol. The van der Waals surface area contributed by atoms with Gasteiger partial charge in [-0.05, 0) is 24.6 Å². The van der Waals surface area contributed by atoms with Crippen molar-refractivity contribution in [3.63, 3.8) is 0 Å². The zero-order valence-corrected chi connectivity index (χ0v) is 18.1. The van der Waals surface area contributed by atoms with Gasteiger partial charge in [0.25, 0.3) is 0 Å². The zero-order valence-electron chi connectivity index (χ0n) is 17.3. The van der Waals surface area contributed by atoms with Gasteiger partial charge in [-0.3, -0.25) is 0 Å². The summed E-state index contributed by atoms with van der Waals surface area (Å²) in [7, 11) is -1.88. The quantitative estimate of drug-likeness (QED) is 0.388. The van der Waals surface area contributed by atoms with Crippen LogP contribution in [0.4, 0.5) is 5.82 Å². The molecule has 0 aliphatic heterocycles. The number of ether oxygens (including phenoxy) is 1. The van der Waals surface area contributed by atoms with Gasteiger partial charge in [-0.15, -0.1) is 0 Å². The van der Waals surface area contributed by atoms with E-state index in [1.165, 1.54) is 0 Å². The number of nitrogens with one attached hydrogen (secondary N) is 1. The molecule has 3 N–H and O–H groups in total. The van der Waals surface area contributed by atoms with Crippen LogP contribution >= 0.6 is 0 Å². The summed E-state index contributed by atoms with van der Waals surface area (Å²) < 4.78 is 34.9. The summed E-state index contributed by atoms with van der Waals surface area (Å²) in [6.45, 7) is 1.41. The van der Waals surface area contributed by atoms with Crippen molar-refractivity contribution in [3.8, 4) is 0 Å². The Morgan fingerprint density at radius 3 is 2.58 bits per heavy atom. The van der Waals surface area contributed by atoms with Crippen LogP contribution in [0.5, 0.6) is 0 Å². The van der Waals surface area contributed by atoms with E-state index in [9.17, 15) is 8.42 Å². The average Bonchev–Trinajstić information content (AvgIpc) is 3.15. The first-order valence-corrected chi connectivity index (χ1v) is 11.6. The van der Waals surface area contributed by atoms with Crippen LogP contribution in [0.1, 0.15) is 12.2 Å². The SMILES string of the molecule is COCCc1nc2c(N)nc3ccccc3c2n1CCCNS(=O)(=O)c1ccccc1. The van der Waals surface area contributed by atoms with Crippen LogP contribution < -0.4 is 10.5 Å². The van der Waals surface area contributed by atoms with E-state index in [0.29, 0.717) is 43.9 Å². The number of benzene rings is 2. The minimum atomic E-state index is -3.53. The number of aryl methyl sites for hydroxylation is 1. The second kappa shape index (κ2) is 9.01. The molecule has 4 aromatic rings. The number of anilines is 1. The number of nitrogens with two attached hydrogens (primary N) is 1. The summed E-state index contributed by atoms with van der Waals surface area (Å²) in [6.07, 6.45) is 1.21. The molecule has 0 atom stereocenters. The highest BCUT2D eigenvalue weighted by Crippen LogP contribution is 2.29. The predicted octanol–water partition coefficient (Wildman–Crippen LogP) is 2.72. The molecule has 0 bridgehead atoms. The van der Waals surface area contributed by atoms with Crippen molar-refractivity contribution in [2.75, 3.05) is 26.0 Å². The standard InChI is InChI=1S/C22H25N5O3S/c1-30-15-12-19-26-20-21(17-10-5-6-11-18(17)25-22(20)23)27(19)14-7-13-24-31(28,29)16-8-3-2-4-9-16/h2-6,8-11,24H,7,12-15H2,1H3,(H2,23,25). The molecular weight excluding hydrogens is 414 g/mol. The van der Waals surface area contributed by atoms with Gasteiger partial charge >= 0.3 is 0 Å². The highest BCUT2D eigenvalue weighted by atomic mass is 32.2. The second-order valence-electron chi connectivity index (χ2n) is 7.20. The molecule has 4 rings (SSSR count). The van der Waals surface area contributed by atoms with E-state index in [2.05, 4.69) is 14.3 Å². The molecule has 0 unspecified atom stereocenters. The van der Waals surface area contributed by atoms with Crippen molar-refractivity contribution in [1.82, 2.24) is 19.3 Å². The Bertz CT molecular complexity index is 1300. The number of para-hydroxylation sites is 1. The van der Waals surface area contributed by atoms with E-state index in [4.69, 9.17) is 15.5 Å². The van der Waals surface area contributed by atoms with Gasteiger partial charge in [0.05, 0.1) is 22.5 Å². The van der Waals surface area contributed by atoms with Crippen LogP contribution in [0, 0.1) is 0 Å². The summed E-state index contributed by atoms with van der Waals surface area (Å²) in [5.74, 6) is 1.23. The molecule has 2 aromatic heterocycles. The zero-order chi connectivity index (χ0) is 21.8. The van der Waals surface area contributed by atoms with E-state index in [0.717, 1.165) is 22.2 Å². The Balaban J connectivity index is 1.61. The normalized spacial score (nSPS) is 12.0. The van der Waals surface area contributed by atoms with Gasteiger partial charge in [-0.1, -0.05) is 36.4 Å². The van der Waals surface area contributed by atoms with E-state index >= 15 is 0 Å². The fraction of sp³-hybridized carbons (Fsp3) is 0.273. The Morgan fingerprint density at radius 1 is 1.06 bits per heavy atom. The average molecular weight is 440 g/mol. The lowest BCUT2D eigenvalue weighted by atomic mass is 10.2. The van der Waals surface area contributed by atoms with Gasteiger partial charge in [0.15, 0.2) is 5.82 Å². The van der Waals surface area contributed by atoms with Gasteiger partial charge < -0.3 is 15.0 Å². The monoisotopic (exact) mass is 439 g/mol. The molecule has 162 valence electrons. The first kappa shape index (κ1) is 21.2. The highest BCUT2D eigenvalue weighted by Gasteiger charge is 2.18. The smallest absolute Gasteiger partial charge is 0.240 e. The van der Waals surface area contributed by atoms with E-state index < -0.39 is 10.0 Å². The summed E-state index contributed by atoms with van der Waals surface area (Å²) in [5.41, 5.74) is 8.58. The van der Waals surface area contributed by atoms with Gasteiger partial charge in [-0.2, -0.15) is 0 Å². The van der Waals surface area contributed by atoms with Crippen LogP contribution in [-0.2, 0) is 27.7 Å². The van der Waals surface area contributed by atoms with Crippen molar-refractivity contribution in [2.24, 2.45) is 0 Å². The Kier molecular flexibility index (Phi) is 6.17. The summed E-state index contributed by atoms with van der Waals surface area (Å²) in [4.78, 5) is 9.47. The van der Waals surface area contributed by atoms with Crippen LogP contribution in [0.2, 0.25) is 0 Å². The number of aromatic nitrogens is 3. The van der Waals surface area contributed by atoms with Gasteiger partial charge in [-0.25, -0.2) is 23.1 Å². The molecule has 2 aromatic carbocycles. The molecule has 9 heteroatoms. The first-order valence-electron chi connectivity index (χ1n) is 10.1. The third kappa shape index (κ3) is 4.39. The van der Waals surface area contributed by atoms with Crippen molar-refractivity contribution in [1.29, 1.82) is 0 Å². The molecule has 8 nitrogen and oxygen atoms in total. The topological polar surface area (TPSA) is 112 Å². The molecule has 0 aliphatic rings. The third-order valence-electron chi connectivity index (χ3n) is 5.12. The molecule has 0 spiro atoms. The lowest BCUT2D eigenvalue weighted by molar-refractivity contribution is 0.199. The number of hydrogen-bond acceptors (Lipinski definition) is 6. The fourth-order valence-corrected chi connectivity index (χ4v) is 4.75. The minimum absolute atomic E-state index is 0.258. The van der Waals surface area contributed by atoms with Crippen molar-refractivity contribution < 1.29 is 13.2 Å². The molecule has 0 aliphatic carbocycles. The molecule has 0 saturated carbocycles. The number of fused-ring (bicyclic) bond motifs is 3. The Morgan fingerprint density at radius 2 is 1.81 bits per heavy atom. The number of rotatable bonds is 9. The lowest BCUT2D eigenvalue weighted by Crippen LogP contribution is -2.25. The second-order valence-corrected chi connectivity index (χ2v) is 8.97. The van der Waals surface area contributed by atoms with Crippen LogP contribution in [0.3, 0.4) is 0 Å². The maximum Gasteiger partial charge on any atom is 0.240 e. The van der Waals surface area contributed by atoms with E-state index in [-0.39, 0.29) is 4.90 Å². The summed E-state index contributed by atoms with van der Waals surface area (Å²) in [5, 5.41) is 0.965. The largest absolute Gasteiger partial charge is 0.384 e. The molecule has 2 heterocycles. The molecule has 31 heavy (non-hydrogen) atoms. The number of pyridine rings is 1. The van der Waals surface area contributed by atoms with Crippen molar-refractivity contribution >= 4 is 37.8 Å². The van der Waals surface area contributed by atoms with E-state index in [1.807, 2.05) is 24.3 Å². The van der Waals surface area contributed by atoms with Gasteiger partial charge in [0, 0.05) is 32.0 Å². The Labute approximate surface area is 181 Å². The number of hydrogen-bond donors (Lipinski definition) is 2. The minimum Gasteiger partial charge on any atom is -0.384 e. The fourth-order valence-electron chi connectivity index (χ4n) is 3.66. The molecular formula is C22H25N5O3S. The van der Waals surface area contributed by atoms with Crippen LogP contribution in [0.15, 0.2) is 59.5 Å². The molecule has 0 amide bonds.